The Morgan fingerprint density at radius 3 is 2.65 bits per heavy atom. The number of sulfone groups is 1. The van der Waals surface area contributed by atoms with Crippen LogP contribution in [0.25, 0.3) is 16.7 Å². The highest BCUT2D eigenvalue weighted by Gasteiger charge is 2.26. The van der Waals surface area contributed by atoms with Crippen LogP contribution in [-0.4, -0.2) is 97.4 Å². The Hall–Kier alpha value is -4.27. The number of pyridine rings is 1. The van der Waals surface area contributed by atoms with Gasteiger partial charge in [-0.1, -0.05) is 6.58 Å². The molecule has 13 nitrogen and oxygen atoms in total. The summed E-state index contributed by atoms with van der Waals surface area (Å²) in [5.41, 5.74) is 1.54. The summed E-state index contributed by atoms with van der Waals surface area (Å²) in [6.45, 7) is 5.94. The van der Waals surface area contributed by atoms with E-state index in [0.29, 0.717) is 28.8 Å². The van der Waals surface area contributed by atoms with E-state index in [0.717, 1.165) is 37.3 Å². The van der Waals surface area contributed by atoms with Crippen LogP contribution in [0.15, 0.2) is 63.8 Å². The minimum absolute atomic E-state index is 0.107. The van der Waals surface area contributed by atoms with Crippen molar-refractivity contribution in [1.29, 1.82) is 0 Å². The minimum Gasteiger partial charge on any atom is -0.489 e. The first kappa shape index (κ1) is 30.2. The molecule has 3 aromatic heterocycles. The van der Waals surface area contributed by atoms with E-state index in [1.807, 2.05) is 24.3 Å². The lowest BCUT2D eigenvalue weighted by molar-refractivity contribution is 0.223. The number of hydrogen-bond donors (Lipinski definition) is 2. The van der Waals surface area contributed by atoms with Crippen molar-refractivity contribution in [3.05, 3.63) is 71.1 Å². The van der Waals surface area contributed by atoms with Crippen molar-refractivity contribution >= 4 is 38.2 Å². The number of nitrogens with one attached hydrogen (secondary N) is 2. The first-order chi connectivity index (χ1) is 20.5. The Kier molecular flexibility index (Phi) is 8.80. The molecule has 2 N–H and O–H groups in total. The molecular formula is C29H36N8O5S. The number of rotatable bonds is 12. The van der Waals surface area contributed by atoms with Gasteiger partial charge in [-0.3, -0.25) is 9.36 Å². The van der Waals surface area contributed by atoms with Crippen molar-refractivity contribution in [2.24, 2.45) is 0 Å². The molecule has 0 saturated carbocycles. The number of oxazole rings is 1. The van der Waals surface area contributed by atoms with Gasteiger partial charge in [0.25, 0.3) is 5.56 Å². The molecule has 1 fully saturated rings. The van der Waals surface area contributed by atoms with Crippen LogP contribution in [-0.2, 0) is 16.4 Å². The minimum atomic E-state index is -3.80. The van der Waals surface area contributed by atoms with Crippen molar-refractivity contribution < 1.29 is 17.6 Å². The summed E-state index contributed by atoms with van der Waals surface area (Å²) >= 11 is 0. The lowest BCUT2D eigenvalue weighted by Crippen LogP contribution is -2.28. The van der Waals surface area contributed by atoms with E-state index in [1.54, 1.807) is 50.3 Å². The molecule has 0 bridgehead atoms. The highest BCUT2D eigenvalue weighted by Crippen LogP contribution is 2.24. The van der Waals surface area contributed by atoms with Gasteiger partial charge in [0.1, 0.15) is 23.2 Å². The monoisotopic (exact) mass is 608 g/mol. The van der Waals surface area contributed by atoms with E-state index in [9.17, 15) is 13.2 Å². The average Bonchev–Trinajstić information content (AvgIpc) is 3.67. The van der Waals surface area contributed by atoms with Crippen molar-refractivity contribution in [3.8, 4) is 5.75 Å². The van der Waals surface area contributed by atoms with E-state index < -0.39 is 15.4 Å². The van der Waals surface area contributed by atoms with Crippen molar-refractivity contribution in [2.45, 2.75) is 24.2 Å². The van der Waals surface area contributed by atoms with Crippen molar-refractivity contribution in [2.75, 3.05) is 58.9 Å². The summed E-state index contributed by atoms with van der Waals surface area (Å²) in [5.74, 6) is 0.866. The van der Waals surface area contributed by atoms with Gasteiger partial charge < -0.3 is 29.6 Å². The summed E-state index contributed by atoms with van der Waals surface area (Å²) in [5, 5.41) is 6.76. The molecule has 1 aromatic carbocycles. The molecule has 0 spiro atoms. The fourth-order valence-electron chi connectivity index (χ4n) is 4.64. The zero-order valence-electron chi connectivity index (χ0n) is 24.7. The second kappa shape index (κ2) is 12.5. The maximum Gasteiger partial charge on any atom is 0.261 e. The quantitative estimate of drug-likeness (QED) is 0.243. The summed E-state index contributed by atoms with van der Waals surface area (Å²) in [4.78, 5) is 30.6. The SMILES string of the molecule is C=C(c1cc2cnc(Nc3ccc(OC4CCNC4)cc3)nc2n(Cc2ncoc2S(=O)(=O)CCN(C)C)c1=O)N(C)C. The van der Waals surface area contributed by atoms with Crippen LogP contribution < -0.4 is 20.9 Å². The molecule has 1 atom stereocenters. The van der Waals surface area contributed by atoms with Crippen molar-refractivity contribution in [1.82, 2.24) is 34.6 Å². The van der Waals surface area contributed by atoms with E-state index >= 15 is 0 Å². The Balaban J connectivity index is 1.50. The molecule has 0 aliphatic carbocycles. The predicted octanol–water partition coefficient (Wildman–Crippen LogP) is 2.18. The van der Waals surface area contributed by atoms with Crippen LogP contribution in [0.5, 0.6) is 5.75 Å². The standard InChI is InChI=1S/C29H36N8O5S/c1-19(36(4)5)24-14-20-15-31-29(33-21-6-8-22(9-7-21)42-23-10-11-30-16-23)34-26(20)37(27(24)38)17-25-28(41-18-32-25)43(39,40)13-12-35(2)3/h6-9,14-15,18,23,30H,1,10-13,16-17H2,2-5H3,(H,31,33,34). The molecule has 0 radical (unpaired) electrons. The van der Waals surface area contributed by atoms with Crippen LogP contribution in [0.1, 0.15) is 17.7 Å². The van der Waals surface area contributed by atoms with E-state index in [1.165, 1.54) is 4.57 Å². The van der Waals surface area contributed by atoms with Gasteiger partial charge in [-0.25, -0.2) is 18.4 Å². The van der Waals surface area contributed by atoms with Crippen LogP contribution >= 0.6 is 0 Å². The molecule has 0 amide bonds. The molecule has 4 aromatic rings. The lowest BCUT2D eigenvalue weighted by Gasteiger charge is -2.18. The molecule has 1 aliphatic heterocycles. The largest absolute Gasteiger partial charge is 0.489 e. The predicted molar refractivity (Wildman–Crippen MR) is 164 cm³/mol. The Morgan fingerprint density at radius 1 is 1.21 bits per heavy atom. The molecule has 1 saturated heterocycles. The topological polar surface area (TPSA) is 148 Å². The van der Waals surface area contributed by atoms with Gasteiger partial charge in [-0.05, 0) is 57.4 Å². The second-order valence-electron chi connectivity index (χ2n) is 10.9. The Morgan fingerprint density at radius 2 is 1.98 bits per heavy atom. The van der Waals surface area contributed by atoms with E-state index in [-0.39, 0.29) is 35.1 Å². The molecule has 14 heteroatoms. The fourth-order valence-corrected chi connectivity index (χ4v) is 6.10. The third-order valence-electron chi connectivity index (χ3n) is 7.11. The number of hydrogen-bond acceptors (Lipinski definition) is 12. The van der Waals surface area contributed by atoms with Crippen LogP contribution in [0.4, 0.5) is 11.6 Å². The highest BCUT2D eigenvalue weighted by atomic mass is 32.2. The van der Waals surface area contributed by atoms with Crippen molar-refractivity contribution in [3.63, 3.8) is 0 Å². The lowest BCUT2D eigenvalue weighted by atomic mass is 10.1. The summed E-state index contributed by atoms with van der Waals surface area (Å²) in [6, 6.07) is 9.16. The normalized spacial score (nSPS) is 15.2. The van der Waals surface area contributed by atoms with Gasteiger partial charge in [-0.2, -0.15) is 4.98 Å². The summed E-state index contributed by atoms with van der Waals surface area (Å²) in [6.07, 6.45) is 3.80. The summed E-state index contributed by atoms with van der Waals surface area (Å²) < 4.78 is 38.9. The van der Waals surface area contributed by atoms with Gasteiger partial charge in [0.15, 0.2) is 6.39 Å². The van der Waals surface area contributed by atoms with Gasteiger partial charge in [0.05, 0.1) is 17.9 Å². The fraction of sp³-hybridized carbons (Fsp3) is 0.379. The number of benzene rings is 1. The summed E-state index contributed by atoms with van der Waals surface area (Å²) in [7, 11) is 3.34. The molecule has 228 valence electrons. The zero-order chi connectivity index (χ0) is 30.7. The first-order valence-electron chi connectivity index (χ1n) is 13.8. The number of anilines is 2. The van der Waals surface area contributed by atoms with Gasteiger partial charge >= 0.3 is 0 Å². The number of aromatic nitrogens is 4. The molecule has 4 heterocycles. The van der Waals surface area contributed by atoms with Crippen LogP contribution in [0, 0.1) is 0 Å². The highest BCUT2D eigenvalue weighted by molar-refractivity contribution is 7.91. The second-order valence-corrected chi connectivity index (χ2v) is 12.9. The molecular weight excluding hydrogens is 572 g/mol. The molecule has 1 aliphatic rings. The molecule has 5 rings (SSSR count). The molecule has 1 unspecified atom stereocenters. The Labute approximate surface area is 250 Å². The maximum atomic E-state index is 13.8. The van der Waals surface area contributed by atoms with E-state index in [2.05, 4.69) is 32.2 Å². The zero-order valence-corrected chi connectivity index (χ0v) is 25.5. The number of nitrogens with zero attached hydrogens (tertiary/aromatic N) is 6. The van der Waals surface area contributed by atoms with Gasteiger partial charge in [-0.15, -0.1) is 0 Å². The van der Waals surface area contributed by atoms with Crippen LogP contribution in [0.2, 0.25) is 0 Å². The molecule has 43 heavy (non-hydrogen) atoms. The Bertz CT molecular complexity index is 1770. The van der Waals surface area contributed by atoms with E-state index in [4.69, 9.17) is 9.15 Å². The third-order valence-corrected chi connectivity index (χ3v) is 8.72. The van der Waals surface area contributed by atoms with Gasteiger partial charge in [0.2, 0.25) is 20.9 Å². The third kappa shape index (κ3) is 6.87. The maximum absolute atomic E-state index is 13.8. The number of ether oxygens (including phenoxy) is 1. The van der Waals surface area contributed by atoms with Crippen LogP contribution in [0.3, 0.4) is 0 Å². The average molecular weight is 609 g/mol. The van der Waals surface area contributed by atoms with Gasteiger partial charge in [0, 0.05) is 50.2 Å². The smallest absolute Gasteiger partial charge is 0.261 e. The first-order valence-corrected chi connectivity index (χ1v) is 15.5. The number of fused-ring (bicyclic) bond motifs is 1.